The summed E-state index contributed by atoms with van der Waals surface area (Å²) >= 11 is 7.81. The molecular weight excluding hydrogens is 497 g/mol. The van der Waals surface area contributed by atoms with E-state index < -0.39 is 0 Å². The average molecular weight is 526 g/mol. The highest BCUT2D eigenvalue weighted by atomic mass is 35.5. The molecule has 1 amide bonds. The quantitative estimate of drug-likeness (QED) is 0.409. The maximum absolute atomic E-state index is 13.8. The molecule has 1 fully saturated rings. The SMILES string of the molecule is COc1cccc(C(=O)N(CCCN2CCOCC2)c2nc3c(C)c(Cl)ccc3s2)c1OC.Cl. The lowest BCUT2D eigenvalue weighted by Crippen LogP contribution is -2.39. The van der Waals surface area contributed by atoms with Crippen molar-refractivity contribution < 1.29 is 19.0 Å². The van der Waals surface area contributed by atoms with Gasteiger partial charge in [0.2, 0.25) is 0 Å². The molecule has 0 aliphatic carbocycles. The molecule has 0 radical (unpaired) electrons. The van der Waals surface area contributed by atoms with Crippen LogP contribution in [0.4, 0.5) is 5.13 Å². The van der Waals surface area contributed by atoms with Crippen molar-refractivity contribution in [1.82, 2.24) is 9.88 Å². The van der Waals surface area contributed by atoms with Gasteiger partial charge in [-0.3, -0.25) is 14.6 Å². The number of ether oxygens (including phenoxy) is 3. The lowest BCUT2D eigenvalue weighted by molar-refractivity contribution is 0.0376. The number of carbonyl (C=O) groups is 1. The van der Waals surface area contributed by atoms with Crippen LogP contribution in [0.2, 0.25) is 5.02 Å². The maximum Gasteiger partial charge on any atom is 0.263 e. The van der Waals surface area contributed by atoms with Crippen LogP contribution in [0.15, 0.2) is 30.3 Å². The number of aromatic nitrogens is 1. The summed E-state index contributed by atoms with van der Waals surface area (Å²) in [6.07, 6.45) is 0.813. The Bertz CT molecular complexity index is 1130. The van der Waals surface area contributed by atoms with Crippen LogP contribution in [0.5, 0.6) is 11.5 Å². The summed E-state index contributed by atoms with van der Waals surface area (Å²) in [5.74, 6) is 0.766. The number of methoxy groups -OCH3 is 2. The molecule has 0 atom stereocenters. The number of hydrogen-bond acceptors (Lipinski definition) is 7. The zero-order valence-electron chi connectivity index (χ0n) is 19.5. The number of amides is 1. The molecular formula is C24H29Cl2N3O4S. The van der Waals surface area contributed by atoms with Crippen LogP contribution in [0.3, 0.4) is 0 Å². The van der Waals surface area contributed by atoms with Crippen molar-refractivity contribution in [3.8, 4) is 11.5 Å². The van der Waals surface area contributed by atoms with Gasteiger partial charge in [-0.15, -0.1) is 12.4 Å². The van der Waals surface area contributed by atoms with Crippen molar-refractivity contribution in [3.05, 3.63) is 46.5 Å². The third kappa shape index (κ3) is 5.58. The van der Waals surface area contributed by atoms with E-state index in [2.05, 4.69) is 4.90 Å². The van der Waals surface area contributed by atoms with E-state index in [4.69, 9.17) is 30.8 Å². The van der Waals surface area contributed by atoms with Crippen molar-refractivity contribution >= 4 is 56.6 Å². The number of rotatable bonds is 8. The second-order valence-corrected chi connectivity index (χ2v) is 9.24. The molecule has 2 heterocycles. The molecule has 1 aliphatic heterocycles. The molecule has 10 heteroatoms. The number of hydrogen-bond donors (Lipinski definition) is 0. The standard InChI is InChI=1S/C24H28ClN3O4S.ClH/c1-16-18(25)8-9-20-21(16)26-24(33-20)28(11-5-10-27-12-14-32-15-13-27)23(29)17-6-4-7-19(30-2)22(17)31-3;/h4,6-9H,5,10-15H2,1-3H3;1H. The van der Waals surface area contributed by atoms with Crippen molar-refractivity contribution in [2.45, 2.75) is 13.3 Å². The number of carbonyl (C=O) groups excluding carboxylic acids is 1. The summed E-state index contributed by atoms with van der Waals surface area (Å²) in [6, 6.07) is 9.16. The van der Waals surface area contributed by atoms with Gasteiger partial charge in [0.25, 0.3) is 5.91 Å². The highest BCUT2D eigenvalue weighted by molar-refractivity contribution is 7.22. The second-order valence-electron chi connectivity index (χ2n) is 7.82. The number of benzene rings is 2. The van der Waals surface area contributed by atoms with Crippen molar-refractivity contribution in [2.75, 3.05) is 58.5 Å². The Morgan fingerprint density at radius 1 is 1.21 bits per heavy atom. The smallest absolute Gasteiger partial charge is 0.263 e. The van der Waals surface area contributed by atoms with Crippen molar-refractivity contribution in [3.63, 3.8) is 0 Å². The van der Waals surface area contributed by atoms with E-state index in [1.165, 1.54) is 11.3 Å². The van der Waals surface area contributed by atoms with E-state index in [1.807, 2.05) is 19.1 Å². The number of halogens is 2. The fourth-order valence-electron chi connectivity index (χ4n) is 3.97. The van der Waals surface area contributed by atoms with Gasteiger partial charge in [0.1, 0.15) is 0 Å². The van der Waals surface area contributed by atoms with Crippen LogP contribution in [0.1, 0.15) is 22.3 Å². The molecule has 0 spiro atoms. The molecule has 0 saturated carbocycles. The topological polar surface area (TPSA) is 64.1 Å². The van der Waals surface area contributed by atoms with Gasteiger partial charge in [-0.1, -0.05) is 29.0 Å². The number of thiazole rings is 1. The highest BCUT2D eigenvalue weighted by Gasteiger charge is 2.26. The van der Waals surface area contributed by atoms with Crippen LogP contribution in [0.25, 0.3) is 10.2 Å². The first kappa shape index (κ1) is 26.5. The fourth-order valence-corrected chi connectivity index (χ4v) is 5.17. The minimum atomic E-state index is -0.171. The summed E-state index contributed by atoms with van der Waals surface area (Å²) in [6.45, 7) is 6.70. The summed E-state index contributed by atoms with van der Waals surface area (Å²) in [4.78, 5) is 22.7. The van der Waals surface area contributed by atoms with Crippen molar-refractivity contribution in [1.29, 1.82) is 0 Å². The largest absolute Gasteiger partial charge is 0.493 e. The van der Waals surface area contributed by atoms with E-state index in [0.29, 0.717) is 33.8 Å². The fraction of sp³-hybridized carbons (Fsp3) is 0.417. The van der Waals surface area contributed by atoms with E-state index in [-0.39, 0.29) is 18.3 Å². The van der Waals surface area contributed by atoms with Gasteiger partial charge in [-0.25, -0.2) is 4.98 Å². The van der Waals surface area contributed by atoms with Gasteiger partial charge >= 0.3 is 0 Å². The van der Waals surface area contributed by atoms with E-state index in [9.17, 15) is 4.79 Å². The summed E-state index contributed by atoms with van der Waals surface area (Å²) in [5.41, 5.74) is 2.18. The molecule has 3 aromatic rings. The van der Waals surface area contributed by atoms with Crippen LogP contribution in [-0.2, 0) is 4.74 Å². The molecule has 34 heavy (non-hydrogen) atoms. The first-order valence-corrected chi connectivity index (χ1v) is 12.1. The van der Waals surface area contributed by atoms with Crippen LogP contribution >= 0.6 is 35.3 Å². The normalized spacial score (nSPS) is 14.0. The summed E-state index contributed by atoms with van der Waals surface area (Å²) < 4.78 is 17.4. The molecule has 7 nitrogen and oxygen atoms in total. The van der Waals surface area contributed by atoms with E-state index >= 15 is 0 Å². The maximum atomic E-state index is 13.8. The van der Waals surface area contributed by atoms with Gasteiger partial charge in [-0.2, -0.15) is 0 Å². The predicted molar refractivity (Wildman–Crippen MR) is 140 cm³/mol. The van der Waals surface area contributed by atoms with Gasteiger partial charge in [0.15, 0.2) is 16.6 Å². The monoisotopic (exact) mass is 525 g/mol. The molecule has 1 aliphatic rings. The number of nitrogens with zero attached hydrogens (tertiary/aromatic N) is 3. The number of aryl methyl sites for hydroxylation is 1. The molecule has 2 aromatic carbocycles. The molecule has 4 rings (SSSR count). The lowest BCUT2D eigenvalue weighted by atomic mass is 10.1. The Labute approximate surface area is 215 Å². The zero-order valence-corrected chi connectivity index (χ0v) is 21.9. The van der Waals surface area contributed by atoms with Crippen molar-refractivity contribution in [2.24, 2.45) is 0 Å². The summed E-state index contributed by atoms with van der Waals surface area (Å²) in [5, 5.41) is 1.31. The Balaban J connectivity index is 0.00000324. The summed E-state index contributed by atoms with van der Waals surface area (Å²) in [7, 11) is 3.10. The predicted octanol–water partition coefficient (Wildman–Crippen LogP) is 5.07. The van der Waals surface area contributed by atoms with Gasteiger partial charge in [0.05, 0.1) is 43.2 Å². The lowest BCUT2D eigenvalue weighted by Gasteiger charge is -2.28. The third-order valence-electron chi connectivity index (χ3n) is 5.81. The molecule has 1 aromatic heterocycles. The first-order chi connectivity index (χ1) is 16.0. The third-order valence-corrected chi connectivity index (χ3v) is 7.26. The van der Waals surface area contributed by atoms with E-state index in [1.54, 1.807) is 37.3 Å². The zero-order chi connectivity index (χ0) is 23.4. The van der Waals surface area contributed by atoms with Gasteiger partial charge in [0, 0.05) is 31.2 Å². The number of fused-ring (bicyclic) bond motifs is 1. The molecule has 0 bridgehead atoms. The Kier molecular flexibility index (Phi) is 9.39. The molecule has 0 N–H and O–H groups in total. The Hall–Kier alpha value is -2.10. The Morgan fingerprint density at radius 3 is 2.68 bits per heavy atom. The highest BCUT2D eigenvalue weighted by Crippen LogP contribution is 2.36. The Morgan fingerprint density at radius 2 is 1.97 bits per heavy atom. The number of morpholine rings is 1. The molecule has 1 saturated heterocycles. The number of para-hydroxylation sites is 1. The van der Waals surface area contributed by atoms with Gasteiger partial charge < -0.3 is 14.2 Å². The molecule has 0 unspecified atom stereocenters. The molecule has 184 valence electrons. The first-order valence-electron chi connectivity index (χ1n) is 10.9. The van der Waals surface area contributed by atoms with Crippen LogP contribution < -0.4 is 14.4 Å². The number of anilines is 1. The minimum Gasteiger partial charge on any atom is -0.493 e. The van der Waals surface area contributed by atoms with Gasteiger partial charge in [-0.05, 0) is 43.2 Å². The second kappa shape index (κ2) is 12.0. The van der Waals surface area contributed by atoms with Crippen LogP contribution in [0, 0.1) is 6.92 Å². The van der Waals surface area contributed by atoms with E-state index in [0.717, 1.165) is 55.0 Å². The average Bonchev–Trinajstić information content (AvgIpc) is 3.28. The minimum absolute atomic E-state index is 0. The van der Waals surface area contributed by atoms with Crippen LogP contribution in [-0.4, -0.2) is 69.4 Å².